The maximum atomic E-state index is 12.8. The van der Waals surface area contributed by atoms with Gasteiger partial charge in [0.05, 0.1) is 26.4 Å². The average Bonchev–Trinajstić information content (AvgIpc) is 3.28. The first-order valence-corrected chi connectivity index (χ1v) is 15.4. The summed E-state index contributed by atoms with van der Waals surface area (Å²) in [5.41, 5.74) is 1.50. The van der Waals surface area contributed by atoms with Crippen LogP contribution in [0.5, 0.6) is 11.5 Å². The standard InChI is InChI=1S/C33H51NO5/c1-20(6-11-30(37)34-19-21-7-10-28(38-4)29(16-21)39-5)24-8-9-25-31-26(13-15-33(24,25)3)32(2)14-12-23(35)17-22(32)18-27(31)36/h7,10,16,20,22-27,31,35-36H,6,8-9,11-15,17-19H2,1-5H3,(H,34,37)/t20-,22+,23-,24-,25+,26+,27+,31+,32+,33-/m1/s1. The zero-order chi connectivity index (χ0) is 27.9. The minimum Gasteiger partial charge on any atom is -0.493 e. The lowest BCUT2D eigenvalue weighted by Gasteiger charge is -2.62. The highest BCUT2D eigenvalue weighted by atomic mass is 16.5. The van der Waals surface area contributed by atoms with E-state index in [0.717, 1.165) is 37.7 Å². The van der Waals surface area contributed by atoms with Gasteiger partial charge in [0.25, 0.3) is 0 Å². The summed E-state index contributed by atoms with van der Waals surface area (Å²) < 4.78 is 10.7. The zero-order valence-electron chi connectivity index (χ0n) is 24.7. The molecule has 0 unspecified atom stereocenters. The van der Waals surface area contributed by atoms with Crippen LogP contribution in [0, 0.1) is 46.3 Å². The molecule has 4 saturated carbocycles. The molecule has 0 aromatic heterocycles. The smallest absolute Gasteiger partial charge is 0.220 e. The van der Waals surface area contributed by atoms with Gasteiger partial charge in [-0.3, -0.25) is 4.79 Å². The summed E-state index contributed by atoms with van der Waals surface area (Å²) in [4.78, 5) is 12.8. The topological polar surface area (TPSA) is 88.0 Å². The van der Waals surface area contributed by atoms with Crippen molar-refractivity contribution < 1.29 is 24.5 Å². The molecule has 5 rings (SSSR count). The molecule has 4 aliphatic rings. The predicted molar refractivity (Wildman–Crippen MR) is 152 cm³/mol. The monoisotopic (exact) mass is 541 g/mol. The third-order valence-electron chi connectivity index (χ3n) is 12.2. The molecule has 0 saturated heterocycles. The summed E-state index contributed by atoms with van der Waals surface area (Å²) in [7, 11) is 3.24. The number of ether oxygens (including phenoxy) is 2. The fourth-order valence-electron chi connectivity index (χ4n) is 10.0. The van der Waals surface area contributed by atoms with E-state index < -0.39 is 0 Å². The Morgan fingerprint density at radius 1 is 1.00 bits per heavy atom. The molecule has 6 nitrogen and oxygen atoms in total. The number of amides is 1. The number of carbonyl (C=O) groups is 1. The van der Waals surface area contributed by atoms with Crippen molar-refractivity contribution >= 4 is 5.91 Å². The molecular formula is C33H51NO5. The van der Waals surface area contributed by atoms with Crippen molar-refractivity contribution in [2.45, 2.75) is 104 Å². The van der Waals surface area contributed by atoms with Gasteiger partial charge in [0.1, 0.15) is 0 Å². The number of aliphatic hydroxyl groups excluding tert-OH is 2. The van der Waals surface area contributed by atoms with Crippen molar-refractivity contribution in [3.05, 3.63) is 23.8 Å². The molecule has 3 N–H and O–H groups in total. The van der Waals surface area contributed by atoms with Crippen molar-refractivity contribution in [2.24, 2.45) is 46.3 Å². The lowest BCUT2D eigenvalue weighted by Crippen LogP contribution is -2.58. The summed E-state index contributed by atoms with van der Waals surface area (Å²) in [6.45, 7) is 7.81. The third kappa shape index (κ3) is 5.21. The molecule has 4 aliphatic carbocycles. The molecular weight excluding hydrogens is 490 g/mol. The van der Waals surface area contributed by atoms with E-state index >= 15 is 0 Å². The quantitative estimate of drug-likeness (QED) is 0.391. The number of hydrogen-bond donors (Lipinski definition) is 3. The van der Waals surface area contributed by atoms with Crippen LogP contribution in [-0.4, -0.2) is 42.5 Å². The van der Waals surface area contributed by atoms with E-state index in [9.17, 15) is 15.0 Å². The van der Waals surface area contributed by atoms with Crippen molar-refractivity contribution in [3.8, 4) is 11.5 Å². The predicted octanol–water partition coefficient (Wildman–Crippen LogP) is 5.73. The van der Waals surface area contributed by atoms with E-state index in [2.05, 4.69) is 26.1 Å². The highest BCUT2D eigenvalue weighted by molar-refractivity contribution is 5.75. The van der Waals surface area contributed by atoms with Crippen LogP contribution in [0.15, 0.2) is 18.2 Å². The van der Waals surface area contributed by atoms with Gasteiger partial charge in [0.2, 0.25) is 5.91 Å². The van der Waals surface area contributed by atoms with Gasteiger partial charge in [-0.15, -0.1) is 0 Å². The van der Waals surface area contributed by atoms with Gasteiger partial charge in [-0.05, 0) is 122 Å². The van der Waals surface area contributed by atoms with Gasteiger partial charge in [0, 0.05) is 13.0 Å². The first-order chi connectivity index (χ1) is 18.6. The van der Waals surface area contributed by atoms with Crippen molar-refractivity contribution in [3.63, 3.8) is 0 Å². The first kappa shape index (κ1) is 28.7. The molecule has 1 amide bonds. The Labute approximate surface area is 235 Å². The largest absolute Gasteiger partial charge is 0.493 e. The number of fused-ring (bicyclic) bond motifs is 5. The second-order valence-electron chi connectivity index (χ2n) is 13.9. The van der Waals surface area contributed by atoms with E-state index in [1.165, 1.54) is 25.7 Å². The van der Waals surface area contributed by atoms with Crippen LogP contribution in [-0.2, 0) is 11.3 Å². The van der Waals surface area contributed by atoms with Crippen LogP contribution in [0.2, 0.25) is 0 Å². The molecule has 0 heterocycles. The fraction of sp³-hybridized carbons (Fsp3) is 0.788. The van der Waals surface area contributed by atoms with E-state index in [-0.39, 0.29) is 28.9 Å². The van der Waals surface area contributed by atoms with Crippen LogP contribution in [0.3, 0.4) is 0 Å². The van der Waals surface area contributed by atoms with Gasteiger partial charge >= 0.3 is 0 Å². The van der Waals surface area contributed by atoms with Gasteiger partial charge in [-0.1, -0.05) is 26.8 Å². The number of nitrogens with one attached hydrogen (secondary N) is 1. The van der Waals surface area contributed by atoms with E-state index in [1.54, 1.807) is 14.2 Å². The maximum Gasteiger partial charge on any atom is 0.220 e. The Morgan fingerprint density at radius 2 is 1.72 bits per heavy atom. The van der Waals surface area contributed by atoms with Crippen molar-refractivity contribution in [1.29, 1.82) is 0 Å². The van der Waals surface area contributed by atoms with Crippen LogP contribution < -0.4 is 14.8 Å². The molecule has 1 aromatic rings. The summed E-state index contributed by atoms with van der Waals surface area (Å²) in [6, 6.07) is 5.74. The van der Waals surface area contributed by atoms with Gasteiger partial charge in [-0.2, -0.15) is 0 Å². The van der Waals surface area contributed by atoms with Crippen molar-refractivity contribution in [2.75, 3.05) is 14.2 Å². The molecule has 6 heteroatoms. The SMILES string of the molecule is COc1ccc(CNC(=O)CC[C@@H](C)[C@H]2CC[C@H]3[C@@H]4[C@@H](O)C[C@@H]5C[C@H](O)CC[C@]5(C)[C@H]4CC[C@]23C)cc1OC. The second-order valence-corrected chi connectivity index (χ2v) is 13.9. The lowest BCUT2D eigenvalue weighted by molar-refractivity contribution is -0.174. The lowest BCUT2D eigenvalue weighted by atomic mass is 9.43. The van der Waals surface area contributed by atoms with E-state index in [1.807, 2.05) is 18.2 Å². The minimum absolute atomic E-state index is 0.0983. The second kappa shape index (κ2) is 11.2. The van der Waals surface area contributed by atoms with E-state index in [0.29, 0.717) is 60.0 Å². The molecule has 0 spiro atoms. The van der Waals surface area contributed by atoms with Crippen LogP contribution in [0.25, 0.3) is 0 Å². The number of hydrogen-bond acceptors (Lipinski definition) is 5. The fourth-order valence-corrected chi connectivity index (χ4v) is 10.0. The first-order valence-electron chi connectivity index (χ1n) is 15.4. The molecule has 4 fully saturated rings. The van der Waals surface area contributed by atoms with Gasteiger partial charge in [0.15, 0.2) is 11.5 Å². The molecule has 0 aliphatic heterocycles. The van der Waals surface area contributed by atoms with E-state index in [4.69, 9.17) is 9.47 Å². The number of aliphatic hydroxyl groups is 2. The Kier molecular flexibility index (Phi) is 8.28. The average molecular weight is 542 g/mol. The highest BCUT2D eigenvalue weighted by Gasteiger charge is 2.62. The number of carbonyl (C=O) groups excluding carboxylic acids is 1. The summed E-state index contributed by atoms with van der Waals surface area (Å²) in [6.07, 6.45) is 9.63. The molecule has 39 heavy (non-hydrogen) atoms. The summed E-state index contributed by atoms with van der Waals surface area (Å²) in [5, 5.41) is 24.9. The molecule has 10 atom stereocenters. The van der Waals surface area contributed by atoms with Gasteiger partial charge < -0.3 is 25.0 Å². The van der Waals surface area contributed by atoms with Gasteiger partial charge in [-0.25, -0.2) is 0 Å². The molecule has 0 bridgehead atoms. The number of methoxy groups -OCH3 is 2. The Morgan fingerprint density at radius 3 is 2.46 bits per heavy atom. The Balaban J connectivity index is 1.18. The number of rotatable bonds is 8. The van der Waals surface area contributed by atoms with Crippen LogP contribution in [0.1, 0.15) is 90.5 Å². The van der Waals surface area contributed by atoms with Crippen LogP contribution in [0.4, 0.5) is 0 Å². The van der Waals surface area contributed by atoms with Crippen molar-refractivity contribution in [1.82, 2.24) is 5.32 Å². The summed E-state index contributed by atoms with van der Waals surface area (Å²) in [5.74, 6) is 4.54. The molecule has 0 radical (unpaired) electrons. The minimum atomic E-state index is -0.237. The molecule has 1 aromatic carbocycles. The third-order valence-corrected chi connectivity index (χ3v) is 12.2. The Bertz CT molecular complexity index is 1030. The maximum absolute atomic E-state index is 12.8. The Hall–Kier alpha value is -1.79. The normalized spacial score (nSPS) is 40.1. The highest BCUT2D eigenvalue weighted by Crippen LogP contribution is 2.68. The van der Waals surface area contributed by atoms with Crippen LogP contribution >= 0.6 is 0 Å². The summed E-state index contributed by atoms with van der Waals surface area (Å²) >= 11 is 0. The zero-order valence-corrected chi connectivity index (χ0v) is 24.7. The number of benzene rings is 1. The molecule has 218 valence electrons.